The second-order valence-electron chi connectivity index (χ2n) is 4.72. The maximum atomic E-state index is 11.7. The van der Waals surface area contributed by atoms with Crippen molar-refractivity contribution >= 4 is 22.4 Å². The molecule has 0 saturated heterocycles. The van der Waals surface area contributed by atoms with E-state index in [1.54, 1.807) is 12.4 Å². The maximum Gasteiger partial charge on any atom is 0.226 e. The van der Waals surface area contributed by atoms with E-state index in [9.17, 15) is 4.79 Å². The number of hydrogen-bond donors (Lipinski definition) is 1. The first-order chi connectivity index (χ1) is 10.8. The summed E-state index contributed by atoms with van der Waals surface area (Å²) < 4.78 is 5.70. The van der Waals surface area contributed by atoms with E-state index in [1.165, 1.54) is 11.3 Å². The van der Waals surface area contributed by atoms with E-state index in [4.69, 9.17) is 4.42 Å². The van der Waals surface area contributed by atoms with E-state index in [0.717, 1.165) is 11.3 Å². The van der Waals surface area contributed by atoms with Gasteiger partial charge in [0, 0.05) is 30.0 Å². The van der Waals surface area contributed by atoms with Gasteiger partial charge in [-0.3, -0.25) is 4.79 Å². The van der Waals surface area contributed by atoms with Crippen LogP contribution in [0.2, 0.25) is 0 Å². The number of aromatic nitrogens is 2. The lowest BCUT2D eigenvalue weighted by molar-refractivity contribution is -0.116. The van der Waals surface area contributed by atoms with Gasteiger partial charge < -0.3 is 9.73 Å². The number of aryl methyl sites for hydroxylation is 1. The van der Waals surface area contributed by atoms with Gasteiger partial charge >= 0.3 is 0 Å². The number of nitrogens with one attached hydrogen (secondary N) is 1. The molecule has 3 aromatic rings. The number of hydrogen-bond acceptors (Lipinski definition) is 5. The van der Waals surface area contributed by atoms with Crippen molar-refractivity contribution in [1.29, 1.82) is 0 Å². The summed E-state index contributed by atoms with van der Waals surface area (Å²) in [6.07, 6.45) is 5.13. The molecule has 0 aliphatic heterocycles. The number of amides is 1. The lowest BCUT2D eigenvalue weighted by Gasteiger charge is -2.00. The second-order valence-corrected chi connectivity index (χ2v) is 5.62. The average molecular weight is 313 g/mol. The first-order valence-electron chi connectivity index (χ1n) is 7.01. The Morgan fingerprint density at radius 1 is 1.23 bits per heavy atom. The van der Waals surface area contributed by atoms with Crippen LogP contribution in [0.5, 0.6) is 0 Å². The van der Waals surface area contributed by atoms with Crippen LogP contribution in [-0.2, 0) is 11.2 Å². The van der Waals surface area contributed by atoms with Gasteiger partial charge in [0.25, 0.3) is 0 Å². The zero-order valence-corrected chi connectivity index (χ0v) is 12.7. The fourth-order valence-electron chi connectivity index (χ4n) is 2.03. The number of benzene rings is 1. The molecule has 0 fully saturated rings. The largest absolute Gasteiger partial charge is 0.441 e. The molecule has 0 bridgehead atoms. The van der Waals surface area contributed by atoms with Gasteiger partial charge in [0.2, 0.25) is 5.91 Å². The lowest BCUT2D eigenvalue weighted by atomic mass is 10.2. The molecule has 3 rings (SSSR count). The molecular formula is C16H15N3O2S. The molecule has 0 radical (unpaired) electrons. The van der Waals surface area contributed by atoms with Crippen molar-refractivity contribution in [2.24, 2.45) is 0 Å². The zero-order valence-electron chi connectivity index (χ0n) is 11.9. The molecule has 0 unspecified atom stereocenters. The van der Waals surface area contributed by atoms with Crippen LogP contribution in [0.25, 0.3) is 11.3 Å². The summed E-state index contributed by atoms with van der Waals surface area (Å²) in [7, 11) is 0. The standard InChI is InChI=1S/C16H15N3O2S/c20-14(19-16-17-9-10-22-16)7-4-8-15-18-11-13(21-15)12-5-2-1-3-6-12/h1-3,5-6,9-11H,4,7-8H2,(H,17,19,20). The van der Waals surface area contributed by atoms with Crippen molar-refractivity contribution < 1.29 is 9.21 Å². The third kappa shape index (κ3) is 3.79. The highest BCUT2D eigenvalue weighted by molar-refractivity contribution is 7.13. The predicted octanol–water partition coefficient (Wildman–Crippen LogP) is 3.76. The summed E-state index contributed by atoms with van der Waals surface area (Å²) >= 11 is 1.41. The number of rotatable bonds is 6. The average Bonchev–Trinajstić information content (AvgIpc) is 3.20. The fourth-order valence-corrected chi connectivity index (χ4v) is 2.57. The summed E-state index contributed by atoms with van der Waals surface area (Å²) in [6.45, 7) is 0. The predicted molar refractivity (Wildman–Crippen MR) is 85.6 cm³/mol. The fraction of sp³-hybridized carbons (Fsp3) is 0.188. The highest BCUT2D eigenvalue weighted by Crippen LogP contribution is 2.20. The van der Waals surface area contributed by atoms with Crippen LogP contribution in [0.15, 0.2) is 52.5 Å². The van der Waals surface area contributed by atoms with Crippen LogP contribution in [0.1, 0.15) is 18.7 Å². The van der Waals surface area contributed by atoms with Gasteiger partial charge in [-0.1, -0.05) is 30.3 Å². The number of anilines is 1. The molecule has 1 amide bonds. The number of carbonyl (C=O) groups excluding carboxylic acids is 1. The van der Waals surface area contributed by atoms with Crippen molar-refractivity contribution in [3.63, 3.8) is 0 Å². The van der Waals surface area contributed by atoms with E-state index >= 15 is 0 Å². The van der Waals surface area contributed by atoms with Gasteiger partial charge in [0.05, 0.1) is 6.20 Å². The minimum absolute atomic E-state index is 0.0372. The van der Waals surface area contributed by atoms with E-state index in [1.807, 2.05) is 35.7 Å². The van der Waals surface area contributed by atoms with Crippen molar-refractivity contribution in [2.45, 2.75) is 19.3 Å². The van der Waals surface area contributed by atoms with Crippen LogP contribution in [0.4, 0.5) is 5.13 Å². The van der Waals surface area contributed by atoms with Crippen molar-refractivity contribution in [3.05, 3.63) is 54.0 Å². The number of oxazole rings is 1. The van der Waals surface area contributed by atoms with Crippen LogP contribution >= 0.6 is 11.3 Å². The van der Waals surface area contributed by atoms with E-state index in [2.05, 4.69) is 15.3 Å². The molecular weight excluding hydrogens is 298 g/mol. The molecule has 112 valence electrons. The molecule has 0 atom stereocenters. The summed E-state index contributed by atoms with van der Waals surface area (Å²) in [6, 6.07) is 9.83. The smallest absolute Gasteiger partial charge is 0.226 e. The summed E-state index contributed by atoms with van der Waals surface area (Å²) in [4.78, 5) is 20.0. The van der Waals surface area contributed by atoms with Crippen molar-refractivity contribution in [2.75, 3.05) is 5.32 Å². The highest BCUT2D eigenvalue weighted by Gasteiger charge is 2.08. The Kier molecular flexibility index (Phi) is 4.60. The van der Waals surface area contributed by atoms with Crippen LogP contribution in [-0.4, -0.2) is 15.9 Å². The number of nitrogens with zero attached hydrogens (tertiary/aromatic N) is 2. The normalized spacial score (nSPS) is 10.5. The van der Waals surface area contributed by atoms with Crippen LogP contribution in [0.3, 0.4) is 0 Å². The molecule has 2 heterocycles. The van der Waals surface area contributed by atoms with Gasteiger partial charge in [-0.25, -0.2) is 9.97 Å². The summed E-state index contributed by atoms with van der Waals surface area (Å²) in [5.74, 6) is 1.37. The van der Waals surface area contributed by atoms with Gasteiger partial charge in [0.1, 0.15) is 0 Å². The lowest BCUT2D eigenvalue weighted by Crippen LogP contribution is -2.11. The molecule has 5 nitrogen and oxygen atoms in total. The van der Waals surface area contributed by atoms with Crippen molar-refractivity contribution in [3.8, 4) is 11.3 Å². The SMILES string of the molecule is O=C(CCCc1ncc(-c2ccccc2)o1)Nc1nccs1. The monoisotopic (exact) mass is 313 g/mol. The topological polar surface area (TPSA) is 68.0 Å². The Hall–Kier alpha value is -2.47. The van der Waals surface area contributed by atoms with E-state index in [-0.39, 0.29) is 5.91 Å². The first kappa shape index (κ1) is 14.5. The Morgan fingerprint density at radius 2 is 2.09 bits per heavy atom. The molecule has 6 heteroatoms. The third-order valence-electron chi connectivity index (χ3n) is 3.09. The minimum atomic E-state index is -0.0372. The summed E-state index contributed by atoms with van der Waals surface area (Å²) in [5.41, 5.74) is 1.00. The summed E-state index contributed by atoms with van der Waals surface area (Å²) in [5, 5.41) is 5.22. The van der Waals surface area contributed by atoms with E-state index in [0.29, 0.717) is 30.3 Å². The molecule has 1 N–H and O–H groups in total. The Balaban J connectivity index is 1.48. The molecule has 1 aromatic carbocycles. The first-order valence-corrected chi connectivity index (χ1v) is 7.89. The van der Waals surface area contributed by atoms with Crippen molar-refractivity contribution in [1.82, 2.24) is 9.97 Å². The molecule has 22 heavy (non-hydrogen) atoms. The van der Waals surface area contributed by atoms with Gasteiger partial charge in [-0.05, 0) is 6.42 Å². The van der Waals surface area contributed by atoms with E-state index < -0.39 is 0 Å². The zero-order chi connectivity index (χ0) is 15.2. The quantitative estimate of drug-likeness (QED) is 0.752. The number of carbonyl (C=O) groups is 1. The Morgan fingerprint density at radius 3 is 2.86 bits per heavy atom. The molecule has 0 aliphatic carbocycles. The van der Waals surface area contributed by atoms with Gasteiger partial charge in [-0.2, -0.15) is 0 Å². The Bertz CT molecular complexity index is 723. The molecule has 0 saturated carbocycles. The number of thiazole rings is 1. The molecule has 0 spiro atoms. The highest BCUT2D eigenvalue weighted by atomic mass is 32.1. The Labute approximate surface area is 132 Å². The maximum absolute atomic E-state index is 11.7. The van der Waals surface area contributed by atoms with Gasteiger partial charge in [0.15, 0.2) is 16.8 Å². The molecule has 2 aromatic heterocycles. The molecule has 0 aliphatic rings. The van der Waals surface area contributed by atoms with Crippen LogP contribution in [0, 0.1) is 0 Å². The minimum Gasteiger partial charge on any atom is -0.441 e. The van der Waals surface area contributed by atoms with Gasteiger partial charge in [-0.15, -0.1) is 11.3 Å². The second kappa shape index (κ2) is 7.00. The van der Waals surface area contributed by atoms with Crippen LogP contribution < -0.4 is 5.32 Å². The third-order valence-corrected chi connectivity index (χ3v) is 3.77.